The summed E-state index contributed by atoms with van der Waals surface area (Å²) in [5.41, 5.74) is 7.11. The lowest BCUT2D eigenvalue weighted by Crippen LogP contribution is -2.47. The molecule has 128 valence electrons. The Balaban J connectivity index is 1.89. The number of benzene rings is 2. The lowest BCUT2D eigenvalue weighted by molar-refractivity contribution is -0.122. The Kier molecular flexibility index (Phi) is 6.61. The number of halogens is 1. The van der Waals surface area contributed by atoms with E-state index in [1.165, 1.54) is 6.92 Å². The van der Waals surface area contributed by atoms with E-state index in [2.05, 4.69) is 5.32 Å². The molecule has 2 aromatic carbocycles. The van der Waals surface area contributed by atoms with E-state index in [0.717, 1.165) is 16.9 Å². The Bertz CT molecular complexity index is 674. The minimum absolute atomic E-state index is 0.392. The van der Waals surface area contributed by atoms with Gasteiger partial charge in [-0.3, -0.25) is 10.1 Å². The van der Waals surface area contributed by atoms with Crippen molar-refractivity contribution >= 4 is 17.5 Å². The zero-order chi connectivity index (χ0) is 17.5. The van der Waals surface area contributed by atoms with E-state index in [0.29, 0.717) is 18.2 Å². The van der Waals surface area contributed by atoms with Crippen LogP contribution in [0.1, 0.15) is 18.1 Å². The molecule has 1 amide bonds. The average Bonchev–Trinajstić information content (AvgIpc) is 2.55. The number of carbonyl (C=O) groups excluding carboxylic acids is 1. The van der Waals surface area contributed by atoms with Crippen molar-refractivity contribution in [3.05, 3.63) is 64.7 Å². The van der Waals surface area contributed by atoms with E-state index >= 15 is 0 Å². The smallest absolute Gasteiger partial charge is 0.237 e. The van der Waals surface area contributed by atoms with Gasteiger partial charge in [0.25, 0.3) is 0 Å². The van der Waals surface area contributed by atoms with Crippen molar-refractivity contribution in [2.45, 2.75) is 32.2 Å². The van der Waals surface area contributed by atoms with Crippen molar-refractivity contribution < 1.29 is 14.6 Å². The molecule has 0 aromatic heterocycles. The molecule has 0 heterocycles. The summed E-state index contributed by atoms with van der Waals surface area (Å²) in [6.45, 7) is 2.33. The molecule has 0 radical (unpaired) electrons. The first kappa shape index (κ1) is 18.3. The first-order valence-electron chi connectivity index (χ1n) is 7.63. The molecule has 0 aliphatic heterocycles. The molecule has 0 saturated carbocycles. The van der Waals surface area contributed by atoms with Gasteiger partial charge in [-0.1, -0.05) is 41.9 Å². The summed E-state index contributed by atoms with van der Waals surface area (Å²) < 4.78 is 5.71. The maximum atomic E-state index is 11.2. The van der Waals surface area contributed by atoms with E-state index in [9.17, 15) is 9.90 Å². The lowest BCUT2D eigenvalue weighted by Gasteiger charge is -2.18. The predicted octanol–water partition coefficient (Wildman–Crippen LogP) is 2.24. The number of hydrogen-bond acceptors (Lipinski definition) is 4. The van der Waals surface area contributed by atoms with Gasteiger partial charge in [-0.05, 0) is 30.7 Å². The van der Waals surface area contributed by atoms with E-state index in [1.807, 2.05) is 48.5 Å². The van der Waals surface area contributed by atoms with Gasteiger partial charge in [-0.25, -0.2) is 0 Å². The predicted molar refractivity (Wildman–Crippen MR) is 93.7 cm³/mol. The summed E-state index contributed by atoms with van der Waals surface area (Å²) in [5.74, 6) is 0.144. The van der Waals surface area contributed by atoms with E-state index in [4.69, 9.17) is 22.1 Å². The molecule has 24 heavy (non-hydrogen) atoms. The van der Waals surface area contributed by atoms with Crippen molar-refractivity contribution in [3.8, 4) is 5.75 Å². The topological polar surface area (TPSA) is 84.6 Å². The quantitative estimate of drug-likeness (QED) is 0.683. The van der Waals surface area contributed by atoms with Gasteiger partial charge < -0.3 is 15.6 Å². The Labute approximate surface area is 146 Å². The fourth-order valence-corrected chi connectivity index (χ4v) is 2.41. The van der Waals surface area contributed by atoms with Crippen LogP contribution in [0.25, 0.3) is 0 Å². The molecule has 4 N–H and O–H groups in total. The van der Waals surface area contributed by atoms with Gasteiger partial charge in [-0.15, -0.1) is 0 Å². The van der Waals surface area contributed by atoms with Crippen LogP contribution >= 0.6 is 11.6 Å². The van der Waals surface area contributed by atoms with E-state index in [-0.39, 0.29) is 0 Å². The van der Waals surface area contributed by atoms with Crippen LogP contribution in [-0.4, -0.2) is 23.2 Å². The first-order valence-corrected chi connectivity index (χ1v) is 8.01. The van der Waals surface area contributed by atoms with Gasteiger partial charge in [0, 0.05) is 17.1 Å². The second-order valence-corrected chi connectivity index (χ2v) is 5.93. The monoisotopic (exact) mass is 348 g/mol. The number of amides is 1. The summed E-state index contributed by atoms with van der Waals surface area (Å²) in [4.78, 5) is 11.2. The molecule has 0 aliphatic carbocycles. The molecule has 5 nitrogen and oxygen atoms in total. The molecular weight excluding hydrogens is 328 g/mol. The zero-order valence-electron chi connectivity index (χ0n) is 13.4. The van der Waals surface area contributed by atoms with Gasteiger partial charge in [0.2, 0.25) is 5.91 Å². The first-order chi connectivity index (χ1) is 11.5. The lowest BCUT2D eigenvalue weighted by atomic mass is 10.1. The third-order valence-corrected chi connectivity index (χ3v) is 3.96. The van der Waals surface area contributed by atoms with Gasteiger partial charge >= 0.3 is 0 Å². The maximum absolute atomic E-state index is 11.2. The minimum atomic E-state index is -0.847. The van der Waals surface area contributed by atoms with Crippen molar-refractivity contribution in [1.82, 2.24) is 5.32 Å². The fraction of sp³-hybridized carbons (Fsp3) is 0.278. The summed E-state index contributed by atoms with van der Waals surface area (Å²) in [6.07, 6.45) is -0.847. The molecule has 0 aliphatic rings. The van der Waals surface area contributed by atoms with Crippen LogP contribution < -0.4 is 15.8 Å². The number of rotatable bonds is 8. The fourth-order valence-electron chi connectivity index (χ4n) is 2.22. The molecule has 0 fully saturated rings. The molecule has 2 unspecified atom stereocenters. The van der Waals surface area contributed by atoms with E-state index in [1.54, 1.807) is 0 Å². The van der Waals surface area contributed by atoms with Crippen LogP contribution in [0.3, 0.4) is 0 Å². The van der Waals surface area contributed by atoms with E-state index < -0.39 is 18.1 Å². The maximum Gasteiger partial charge on any atom is 0.237 e. The molecular formula is C18H21ClN2O3. The molecule has 2 aromatic rings. The number of carbonyl (C=O) groups is 1. The summed E-state index contributed by atoms with van der Waals surface area (Å²) in [7, 11) is 0. The molecule has 0 bridgehead atoms. The summed E-state index contributed by atoms with van der Waals surface area (Å²) in [6, 6.07) is 14.2. The normalized spacial score (nSPS) is 13.3. The van der Waals surface area contributed by atoms with Crippen LogP contribution in [0.15, 0.2) is 48.5 Å². The highest BCUT2D eigenvalue weighted by atomic mass is 35.5. The molecule has 0 saturated heterocycles. The van der Waals surface area contributed by atoms with Crippen molar-refractivity contribution in [1.29, 1.82) is 0 Å². The third kappa shape index (κ3) is 5.23. The standard InChI is InChI=1S/C18H21ClN2O3/c1-12(22)17(18(20)23)21-10-13-6-8-15(9-7-13)24-11-14-4-2-3-5-16(14)19/h2-9,12,17,21-22H,10-11H2,1H3,(H2,20,23). The number of nitrogens with one attached hydrogen (secondary N) is 1. The summed E-state index contributed by atoms with van der Waals surface area (Å²) >= 11 is 6.09. The van der Waals surface area contributed by atoms with Crippen LogP contribution in [0.5, 0.6) is 5.75 Å². The van der Waals surface area contributed by atoms with Crippen LogP contribution in [-0.2, 0) is 17.9 Å². The van der Waals surface area contributed by atoms with Gasteiger partial charge in [0.05, 0.1) is 6.10 Å². The highest BCUT2D eigenvalue weighted by Gasteiger charge is 2.19. The van der Waals surface area contributed by atoms with Crippen molar-refractivity contribution in [2.75, 3.05) is 0 Å². The van der Waals surface area contributed by atoms with Crippen LogP contribution in [0.4, 0.5) is 0 Å². The number of ether oxygens (including phenoxy) is 1. The SMILES string of the molecule is CC(O)C(NCc1ccc(OCc2ccccc2Cl)cc1)C(N)=O. The Morgan fingerprint density at radius 1 is 1.25 bits per heavy atom. The number of aliphatic hydroxyl groups excluding tert-OH is 1. The number of primary amides is 1. The van der Waals surface area contributed by atoms with Gasteiger partial charge in [-0.2, -0.15) is 0 Å². The third-order valence-electron chi connectivity index (χ3n) is 3.59. The molecule has 2 atom stereocenters. The van der Waals surface area contributed by atoms with Gasteiger partial charge in [0.1, 0.15) is 18.4 Å². The molecule has 6 heteroatoms. The van der Waals surface area contributed by atoms with Crippen molar-refractivity contribution in [2.24, 2.45) is 5.73 Å². The number of aliphatic hydroxyl groups is 1. The Morgan fingerprint density at radius 2 is 1.92 bits per heavy atom. The average molecular weight is 349 g/mol. The summed E-state index contributed by atoms with van der Waals surface area (Å²) in [5, 5.41) is 13.1. The highest BCUT2D eigenvalue weighted by Crippen LogP contribution is 2.19. The Hall–Kier alpha value is -2.08. The minimum Gasteiger partial charge on any atom is -0.489 e. The van der Waals surface area contributed by atoms with Crippen LogP contribution in [0.2, 0.25) is 5.02 Å². The number of nitrogens with two attached hydrogens (primary N) is 1. The van der Waals surface area contributed by atoms with Gasteiger partial charge in [0.15, 0.2) is 0 Å². The highest BCUT2D eigenvalue weighted by molar-refractivity contribution is 6.31. The van der Waals surface area contributed by atoms with Crippen LogP contribution in [0, 0.1) is 0 Å². The second-order valence-electron chi connectivity index (χ2n) is 5.53. The zero-order valence-corrected chi connectivity index (χ0v) is 14.2. The largest absolute Gasteiger partial charge is 0.489 e. The Morgan fingerprint density at radius 3 is 2.50 bits per heavy atom. The molecule has 0 spiro atoms. The second kappa shape index (κ2) is 8.68. The van der Waals surface area contributed by atoms with Crippen molar-refractivity contribution in [3.63, 3.8) is 0 Å². The number of hydrogen-bond donors (Lipinski definition) is 3. The molecule has 2 rings (SSSR count).